The Bertz CT molecular complexity index is 779. The maximum Gasteiger partial charge on any atom is 0.251 e. The normalized spacial score (nSPS) is 13.0. The average molecular weight is 364 g/mol. The molecule has 7 heteroatoms. The lowest BCUT2D eigenvalue weighted by Crippen LogP contribution is -2.34. The highest BCUT2D eigenvalue weighted by atomic mass is 32.2. The molecule has 0 aliphatic rings. The number of hydrogen-bond donors (Lipinski definition) is 1. The molecule has 6 nitrogen and oxygen atoms in total. The number of rotatable bonds is 8. The second-order valence-electron chi connectivity index (χ2n) is 5.82. The second-order valence-corrected chi connectivity index (χ2v) is 7.76. The van der Waals surface area contributed by atoms with Crippen molar-refractivity contribution >= 4 is 15.9 Å². The third-order valence-corrected chi connectivity index (χ3v) is 6.02. The summed E-state index contributed by atoms with van der Waals surface area (Å²) < 4.78 is 31.3. The molecule has 1 atom stereocenters. The van der Waals surface area contributed by atoms with Crippen LogP contribution in [0, 0.1) is 0 Å². The molecule has 1 aromatic heterocycles. The Morgan fingerprint density at radius 3 is 2.32 bits per heavy atom. The van der Waals surface area contributed by atoms with Crippen LogP contribution < -0.4 is 5.32 Å². The van der Waals surface area contributed by atoms with Gasteiger partial charge in [0.15, 0.2) is 0 Å². The fraction of sp³-hybridized carbons (Fsp3) is 0.389. The predicted octanol–water partition coefficient (Wildman–Crippen LogP) is 2.67. The maximum absolute atomic E-state index is 12.4. The smallest absolute Gasteiger partial charge is 0.251 e. The zero-order chi connectivity index (χ0) is 18.4. The van der Waals surface area contributed by atoms with Gasteiger partial charge in [-0.3, -0.25) is 4.79 Å². The van der Waals surface area contributed by atoms with Crippen LogP contribution in [0.2, 0.25) is 0 Å². The lowest BCUT2D eigenvalue weighted by Gasteiger charge is -2.18. The van der Waals surface area contributed by atoms with E-state index in [2.05, 4.69) is 5.32 Å². The number of nitrogens with one attached hydrogen (secondary N) is 1. The van der Waals surface area contributed by atoms with Crippen LogP contribution in [0.3, 0.4) is 0 Å². The first-order valence-corrected chi connectivity index (χ1v) is 9.74. The van der Waals surface area contributed by atoms with E-state index in [4.69, 9.17) is 4.42 Å². The van der Waals surface area contributed by atoms with Crippen molar-refractivity contribution in [3.63, 3.8) is 0 Å². The molecule has 0 spiro atoms. The summed E-state index contributed by atoms with van der Waals surface area (Å²) in [4.78, 5) is 12.5. The molecule has 2 aromatic rings. The van der Waals surface area contributed by atoms with Crippen LogP contribution in [0.25, 0.3) is 0 Å². The number of nitrogens with zero attached hydrogens (tertiary/aromatic N) is 1. The van der Waals surface area contributed by atoms with Crippen LogP contribution >= 0.6 is 0 Å². The van der Waals surface area contributed by atoms with E-state index in [9.17, 15) is 13.2 Å². The predicted molar refractivity (Wildman–Crippen MR) is 95.9 cm³/mol. The number of carbonyl (C=O) groups excluding carboxylic acids is 1. The van der Waals surface area contributed by atoms with Gasteiger partial charge in [-0.15, -0.1) is 0 Å². The minimum atomic E-state index is -3.51. The van der Waals surface area contributed by atoms with Gasteiger partial charge in [-0.2, -0.15) is 4.31 Å². The van der Waals surface area contributed by atoms with Crippen molar-refractivity contribution < 1.29 is 17.6 Å². The van der Waals surface area contributed by atoms with Crippen LogP contribution in [0.15, 0.2) is 52.2 Å². The van der Waals surface area contributed by atoms with Gasteiger partial charge in [-0.05, 0) is 49.2 Å². The summed E-state index contributed by atoms with van der Waals surface area (Å²) in [5.74, 6) is -0.234. The van der Waals surface area contributed by atoms with Crippen LogP contribution in [-0.2, 0) is 16.4 Å². The first kappa shape index (κ1) is 19.2. The molecule has 2 rings (SSSR count). The van der Waals surface area contributed by atoms with Gasteiger partial charge in [-0.25, -0.2) is 8.42 Å². The molecule has 136 valence electrons. The second kappa shape index (κ2) is 8.31. The number of carbonyl (C=O) groups is 1. The van der Waals surface area contributed by atoms with E-state index in [1.165, 1.54) is 28.6 Å². The minimum Gasteiger partial charge on any atom is -0.472 e. The quantitative estimate of drug-likeness (QED) is 0.781. The van der Waals surface area contributed by atoms with E-state index in [0.717, 1.165) is 5.56 Å². The van der Waals surface area contributed by atoms with E-state index in [0.29, 0.717) is 25.1 Å². The molecule has 1 unspecified atom stereocenters. The number of benzene rings is 1. The SMILES string of the molecule is CCN(CC)S(=O)(=O)c1ccc(C(=O)NC(C)Cc2ccoc2)cc1. The molecule has 0 bridgehead atoms. The van der Waals surface area contributed by atoms with Crippen LogP contribution in [0.5, 0.6) is 0 Å². The van der Waals surface area contributed by atoms with Gasteiger partial charge in [0, 0.05) is 24.7 Å². The molecule has 1 N–H and O–H groups in total. The molecular formula is C18H24N2O4S. The molecule has 0 saturated heterocycles. The third-order valence-electron chi connectivity index (χ3n) is 3.96. The van der Waals surface area contributed by atoms with Crippen molar-refractivity contribution in [2.45, 2.75) is 38.1 Å². The molecule has 0 aliphatic carbocycles. The van der Waals surface area contributed by atoms with Crippen LogP contribution in [0.1, 0.15) is 36.7 Å². The maximum atomic E-state index is 12.4. The van der Waals surface area contributed by atoms with E-state index in [-0.39, 0.29) is 16.8 Å². The highest BCUT2D eigenvalue weighted by Crippen LogP contribution is 2.16. The fourth-order valence-electron chi connectivity index (χ4n) is 2.61. The molecule has 1 aromatic carbocycles. The van der Waals surface area contributed by atoms with Gasteiger partial charge >= 0.3 is 0 Å². The summed E-state index contributed by atoms with van der Waals surface area (Å²) in [5.41, 5.74) is 1.44. The van der Waals surface area contributed by atoms with E-state index < -0.39 is 10.0 Å². The van der Waals surface area contributed by atoms with Gasteiger partial charge in [0.25, 0.3) is 5.91 Å². The van der Waals surface area contributed by atoms with Crippen molar-refractivity contribution in [1.82, 2.24) is 9.62 Å². The molecule has 25 heavy (non-hydrogen) atoms. The highest BCUT2D eigenvalue weighted by Gasteiger charge is 2.21. The summed E-state index contributed by atoms with van der Waals surface area (Å²) in [6.07, 6.45) is 3.91. The average Bonchev–Trinajstić information content (AvgIpc) is 3.08. The monoisotopic (exact) mass is 364 g/mol. The number of sulfonamides is 1. The van der Waals surface area contributed by atoms with Crippen molar-refractivity contribution in [2.24, 2.45) is 0 Å². The van der Waals surface area contributed by atoms with E-state index in [1.54, 1.807) is 26.4 Å². The molecule has 0 saturated carbocycles. The van der Waals surface area contributed by atoms with Crippen LogP contribution in [0.4, 0.5) is 0 Å². The van der Waals surface area contributed by atoms with Crippen molar-refractivity contribution in [2.75, 3.05) is 13.1 Å². The van der Waals surface area contributed by atoms with E-state index in [1.807, 2.05) is 13.0 Å². The zero-order valence-electron chi connectivity index (χ0n) is 14.7. The van der Waals surface area contributed by atoms with Gasteiger partial charge in [0.05, 0.1) is 17.4 Å². The van der Waals surface area contributed by atoms with Crippen molar-refractivity contribution in [1.29, 1.82) is 0 Å². The topological polar surface area (TPSA) is 79.6 Å². The molecule has 1 amide bonds. The summed E-state index contributed by atoms with van der Waals surface area (Å²) in [6.45, 7) is 6.32. The molecule has 1 heterocycles. The largest absolute Gasteiger partial charge is 0.472 e. The summed E-state index contributed by atoms with van der Waals surface area (Å²) >= 11 is 0. The van der Waals surface area contributed by atoms with Gasteiger partial charge in [0.1, 0.15) is 0 Å². The first-order valence-electron chi connectivity index (χ1n) is 8.30. The Balaban J connectivity index is 2.05. The Morgan fingerprint density at radius 1 is 1.16 bits per heavy atom. The van der Waals surface area contributed by atoms with Crippen LogP contribution in [-0.4, -0.2) is 37.8 Å². The molecular weight excluding hydrogens is 340 g/mol. The number of amides is 1. The summed E-state index contributed by atoms with van der Waals surface area (Å²) in [6, 6.07) is 7.82. The van der Waals surface area contributed by atoms with E-state index >= 15 is 0 Å². The number of hydrogen-bond acceptors (Lipinski definition) is 4. The lowest BCUT2D eigenvalue weighted by molar-refractivity contribution is 0.0940. The van der Waals surface area contributed by atoms with Gasteiger partial charge in [0.2, 0.25) is 10.0 Å². The Kier molecular flexibility index (Phi) is 6.39. The Morgan fingerprint density at radius 2 is 1.80 bits per heavy atom. The number of furan rings is 1. The third kappa shape index (κ3) is 4.70. The fourth-order valence-corrected chi connectivity index (χ4v) is 4.07. The molecule has 0 radical (unpaired) electrons. The summed E-state index contributed by atoms with van der Waals surface area (Å²) in [7, 11) is -3.51. The zero-order valence-corrected chi connectivity index (χ0v) is 15.5. The lowest BCUT2D eigenvalue weighted by atomic mass is 10.1. The molecule has 0 fully saturated rings. The minimum absolute atomic E-state index is 0.0656. The van der Waals surface area contributed by atoms with Crippen molar-refractivity contribution in [3.05, 3.63) is 54.0 Å². The highest BCUT2D eigenvalue weighted by molar-refractivity contribution is 7.89. The Labute approximate surface area is 148 Å². The van der Waals surface area contributed by atoms with Crippen molar-refractivity contribution in [3.8, 4) is 0 Å². The first-order chi connectivity index (χ1) is 11.9. The summed E-state index contributed by atoms with van der Waals surface area (Å²) in [5, 5.41) is 2.90. The van der Waals surface area contributed by atoms with Gasteiger partial charge in [-0.1, -0.05) is 13.8 Å². The Hall–Kier alpha value is -2.12. The molecule has 0 aliphatic heterocycles. The standard InChI is InChI=1S/C18H24N2O4S/c1-4-20(5-2)25(22,23)17-8-6-16(7-9-17)18(21)19-14(3)12-15-10-11-24-13-15/h6-11,13-14H,4-5,12H2,1-3H3,(H,19,21). The van der Waals surface area contributed by atoms with Gasteiger partial charge < -0.3 is 9.73 Å².